The molecule has 0 spiro atoms. The molecule has 0 fully saturated rings. The van der Waals surface area contributed by atoms with E-state index >= 15 is 0 Å². The Morgan fingerprint density at radius 2 is 1.68 bits per heavy atom. The van der Waals surface area contributed by atoms with E-state index in [0.717, 1.165) is 39.7 Å². The smallest absolute Gasteiger partial charge is 0.281 e. The highest BCUT2D eigenvalue weighted by Gasteiger charge is 2.49. The minimum absolute atomic E-state index is 0.613. The van der Waals surface area contributed by atoms with Gasteiger partial charge in [0, 0.05) is 42.4 Å². The Kier molecular flexibility index (Phi) is 3.83. The van der Waals surface area contributed by atoms with Gasteiger partial charge in [0.15, 0.2) is 7.05 Å². The Morgan fingerprint density at radius 1 is 0.824 bits per heavy atom. The van der Waals surface area contributed by atoms with E-state index in [0.29, 0.717) is 0 Å². The van der Waals surface area contributed by atoms with Crippen LogP contribution in [-0.4, -0.2) is 37.8 Å². The predicted molar refractivity (Wildman–Crippen MR) is 130 cm³/mol. The van der Waals surface area contributed by atoms with Crippen LogP contribution in [-0.2, 0) is 5.41 Å². The van der Waals surface area contributed by atoms with Gasteiger partial charge >= 0.3 is 17.5 Å². The SMILES string of the molecule is C[N+]1=C=[N+](c2cccc(C3(c4ccn[nH]4)c4ccccc4-c4cccnc43)c2)c2ncccc21. The molecule has 6 nitrogen and oxygen atoms in total. The van der Waals surface area contributed by atoms with E-state index in [1.165, 1.54) is 11.1 Å². The molecule has 1 aliphatic heterocycles. The third kappa shape index (κ3) is 2.37. The lowest BCUT2D eigenvalue weighted by atomic mass is 9.72. The predicted octanol–water partition coefficient (Wildman–Crippen LogP) is 4.86. The van der Waals surface area contributed by atoms with Crippen molar-refractivity contribution in [3.63, 3.8) is 0 Å². The van der Waals surface area contributed by atoms with Gasteiger partial charge in [0.25, 0.3) is 0 Å². The van der Waals surface area contributed by atoms with Crippen LogP contribution in [0.2, 0.25) is 0 Å². The van der Waals surface area contributed by atoms with Gasteiger partial charge in [0.1, 0.15) is 5.41 Å². The summed E-state index contributed by atoms with van der Waals surface area (Å²) in [7, 11) is 1.99. The highest BCUT2D eigenvalue weighted by Crippen LogP contribution is 2.54. The first-order valence-electron chi connectivity index (χ1n) is 11.2. The Balaban J connectivity index is 1.54. The number of pyridine rings is 2. The lowest BCUT2D eigenvalue weighted by Gasteiger charge is -2.30. The first kappa shape index (κ1) is 18.9. The quantitative estimate of drug-likeness (QED) is 0.400. The van der Waals surface area contributed by atoms with Crippen molar-refractivity contribution in [1.82, 2.24) is 24.7 Å². The number of nitrogens with one attached hydrogen (secondary N) is 1. The van der Waals surface area contributed by atoms with Crippen molar-refractivity contribution >= 4 is 23.2 Å². The number of hydrogen-bond donors (Lipinski definition) is 1. The van der Waals surface area contributed by atoms with Crippen LogP contribution in [0.5, 0.6) is 0 Å². The van der Waals surface area contributed by atoms with Gasteiger partial charge in [-0.1, -0.05) is 47.0 Å². The first-order valence-corrected chi connectivity index (χ1v) is 11.2. The van der Waals surface area contributed by atoms with Gasteiger partial charge in [-0.25, -0.2) is 0 Å². The van der Waals surface area contributed by atoms with Crippen LogP contribution in [0.25, 0.3) is 11.1 Å². The van der Waals surface area contributed by atoms with Crippen molar-refractivity contribution in [1.29, 1.82) is 0 Å². The number of aromatic amines is 1. The molecule has 1 atom stereocenters. The highest BCUT2D eigenvalue weighted by atomic mass is 15.2. The molecule has 1 aliphatic carbocycles. The number of H-pyrrole nitrogens is 1. The Hall–Kier alpha value is -4.67. The van der Waals surface area contributed by atoms with Crippen molar-refractivity contribution < 1.29 is 4.58 Å². The van der Waals surface area contributed by atoms with Crippen molar-refractivity contribution in [2.45, 2.75) is 5.41 Å². The Bertz CT molecular complexity index is 1610. The first-order chi connectivity index (χ1) is 16.8. The summed E-state index contributed by atoms with van der Waals surface area (Å²) in [5, 5.41) is 7.60. The van der Waals surface area contributed by atoms with Crippen LogP contribution >= 0.6 is 0 Å². The summed E-state index contributed by atoms with van der Waals surface area (Å²) in [4.78, 5) is 9.56. The summed E-state index contributed by atoms with van der Waals surface area (Å²) < 4.78 is 3.99. The second-order valence-electron chi connectivity index (χ2n) is 8.56. The van der Waals surface area contributed by atoms with E-state index in [1.807, 2.05) is 53.0 Å². The zero-order chi connectivity index (χ0) is 22.7. The second kappa shape index (κ2) is 6.91. The van der Waals surface area contributed by atoms with Gasteiger partial charge in [0.2, 0.25) is 5.69 Å². The average molecular weight is 441 g/mol. The third-order valence-corrected chi connectivity index (χ3v) is 6.82. The van der Waals surface area contributed by atoms with E-state index in [4.69, 9.17) is 4.98 Å². The molecule has 4 heterocycles. The molecule has 0 bridgehead atoms. The molecule has 3 aromatic heterocycles. The lowest BCUT2D eigenvalue weighted by molar-refractivity contribution is -0.394. The molecular formula is C28H20N6+2. The number of hydrogen-bond acceptors (Lipinski definition) is 3. The molecule has 5 aromatic rings. The maximum absolute atomic E-state index is 4.94. The summed E-state index contributed by atoms with van der Waals surface area (Å²) in [5.74, 6) is 0.864. The third-order valence-electron chi connectivity index (χ3n) is 6.82. The number of rotatable bonds is 3. The monoisotopic (exact) mass is 440 g/mol. The van der Waals surface area contributed by atoms with Crippen LogP contribution in [0.3, 0.4) is 0 Å². The fraction of sp³-hybridized carbons (Fsp3) is 0.0714. The molecule has 2 aliphatic rings. The van der Waals surface area contributed by atoms with Crippen molar-refractivity contribution in [2.24, 2.45) is 0 Å². The van der Waals surface area contributed by atoms with Gasteiger partial charge in [-0.05, 0) is 39.5 Å². The molecule has 0 saturated heterocycles. The molecule has 1 N–H and O–H groups in total. The highest BCUT2D eigenvalue weighted by molar-refractivity contribution is 5.84. The van der Waals surface area contributed by atoms with Gasteiger partial charge in [-0.15, -0.1) is 0 Å². The molecule has 2 aromatic carbocycles. The summed E-state index contributed by atoms with van der Waals surface area (Å²) in [6.45, 7) is 0. The zero-order valence-corrected chi connectivity index (χ0v) is 18.5. The number of benzene rings is 2. The molecule has 6 heteroatoms. The summed E-state index contributed by atoms with van der Waals surface area (Å²) in [5.41, 5.74) is 8.02. The van der Waals surface area contributed by atoms with E-state index in [-0.39, 0.29) is 0 Å². The summed E-state index contributed by atoms with van der Waals surface area (Å²) in [6, 6.07) is 30.7. The minimum Gasteiger partial charge on any atom is -0.281 e. The second-order valence-corrected chi connectivity index (χ2v) is 8.56. The molecule has 7 rings (SSSR count). The normalized spacial score (nSPS) is 17.6. The van der Waals surface area contributed by atoms with E-state index in [2.05, 4.69) is 81.9 Å². The maximum Gasteiger partial charge on any atom is 0.497 e. The van der Waals surface area contributed by atoms with Crippen molar-refractivity contribution in [3.8, 4) is 11.1 Å². The summed E-state index contributed by atoms with van der Waals surface area (Å²) in [6.07, 6.45) is 5.49. The van der Waals surface area contributed by atoms with Crippen LogP contribution < -0.4 is 4.58 Å². The molecule has 0 radical (unpaired) electrons. The molecular weight excluding hydrogens is 420 g/mol. The summed E-state index contributed by atoms with van der Waals surface area (Å²) >= 11 is 0. The minimum atomic E-state index is -0.613. The maximum atomic E-state index is 4.94. The van der Waals surface area contributed by atoms with Crippen LogP contribution in [0.4, 0.5) is 17.2 Å². The van der Waals surface area contributed by atoms with Gasteiger partial charge in [-0.3, -0.25) is 10.1 Å². The lowest BCUT2D eigenvalue weighted by Crippen LogP contribution is -2.30. The Labute approximate surface area is 196 Å². The molecule has 1 unspecified atom stereocenters. The topological polar surface area (TPSA) is 60.5 Å². The fourth-order valence-corrected chi connectivity index (χ4v) is 5.41. The van der Waals surface area contributed by atoms with Crippen molar-refractivity contribution in [2.75, 3.05) is 7.05 Å². The number of fused-ring (bicyclic) bond motifs is 4. The zero-order valence-electron chi connectivity index (χ0n) is 18.5. The largest absolute Gasteiger partial charge is 0.497 e. The van der Waals surface area contributed by atoms with Crippen LogP contribution in [0.1, 0.15) is 22.5 Å². The molecule has 34 heavy (non-hydrogen) atoms. The average Bonchev–Trinajstić information content (AvgIpc) is 3.61. The van der Waals surface area contributed by atoms with E-state index in [1.54, 1.807) is 0 Å². The number of nitrogens with zero attached hydrogens (tertiary/aromatic N) is 5. The standard InChI is InChI=1S/C28H20N6/c1-33-18-34(27-24(33)12-6-15-30-27)20-8-4-7-19(17-20)28(25-13-16-31-32-25)23-11-3-2-9-21(23)22-10-5-14-29-26(22)28/h2-17H,1H3,(H,31,32)/q+2. The van der Waals surface area contributed by atoms with Crippen LogP contribution in [0, 0.1) is 0 Å². The van der Waals surface area contributed by atoms with Crippen LogP contribution in [0.15, 0.2) is 97.5 Å². The van der Waals surface area contributed by atoms with E-state index in [9.17, 15) is 0 Å². The Morgan fingerprint density at radius 3 is 2.59 bits per heavy atom. The fourth-order valence-electron chi connectivity index (χ4n) is 5.41. The molecule has 160 valence electrons. The molecule has 0 saturated carbocycles. The van der Waals surface area contributed by atoms with Gasteiger partial charge in [0.05, 0.1) is 11.4 Å². The molecule has 0 amide bonds. The number of aromatic nitrogens is 4. The van der Waals surface area contributed by atoms with Gasteiger partial charge < -0.3 is 0 Å². The van der Waals surface area contributed by atoms with Crippen molar-refractivity contribution in [3.05, 3.63) is 120 Å². The van der Waals surface area contributed by atoms with Gasteiger partial charge in [-0.2, -0.15) is 10.1 Å². The van der Waals surface area contributed by atoms with E-state index < -0.39 is 5.41 Å².